The molecule has 0 fully saturated rings. The number of likely N-dealkylation sites (N-methyl/N-ethyl adjacent to an activating group) is 1. The highest BCUT2D eigenvalue weighted by atomic mass is 16.4. The van der Waals surface area contributed by atoms with Crippen molar-refractivity contribution in [1.29, 1.82) is 0 Å². The highest BCUT2D eigenvalue weighted by Crippen LogP contribution is 2.19. The summed E-state index contributed by atoms with van der Waals surface area (Å²) in [6.45, 7) is 2.67. The molecule has 0 atom stereocenters. The number of rotatable bonds is 5. The number of carbonyl (C=O) groups is 1. The maximum absolute atomic E-state index is 12.4. The SMILES string of the molecule is CCc1ccc(C(=O)N(C)CCc2cccc3ccccc23)o1. The summed E-state index contributed by atoms with van der Waals surface area (Å²) >= 11 is 0. The molecule has 0 saturated carbocycles. The van der Waals surface area contributed by atoms with E-state index in [1.165, 1.54) is 16.3 Å². The van der Waals surface area contributed by atoms with E-state index >= 15 is 0 Å². The van der Waals surface area contributed by atoms with E-state index in [9.17, 15) is 4.79 Å². The second-order valence-corrected chi connectivity index (χ2v) is 5.73. The van der Waals surface area contributed by atoms with Crippen molar-refractivity contribution in [3.8, 4) is 0 Å². The summed E-state index contributed by atoms with van der Waals surface area (Å²) in [7, 11) is 1.82. The first kappa shape index (κ1) is 15.3. The van der Waals surface area contributed by atoms with Crippen molar-refractivity contribution >= 4 is 16.7 Å². The van der Waals surface area contributed by atoms with E-state index in [1.54, 1.807) is 11.0 Å². The fourth-order valence-electron chi connectivity index (χ4n) is 2.77. The maximum atomic E-state index is 12.4. The molecule has 0 bridgehead atoms. The zero-order valence-electron chi connectivity index (χ0n) is 13.6. The van der Waals surface area contributed by atoms with Gasteiger partial charge in [0.2, 0.25) is 0 Å². The number of fused-ring (bicyclic) bond motifs is 1. The Labute approximate surface area is 136 Å². The van der Waals surface area contributed by atoms with Gasteiger partial charge in [-0.15, -0.1) is 0 Å². The van der Waals surface area contributed by atoms with Crippen LogP contribution in [-0.4, -0.2) is 24.4 Å². The van der Waals surface area contributed by atoms with E-state index in [0.29, 0.717) is 12.3 Å². The number of amides is 1. The van der Waals surface area contributed by atoms with E-state index in [-0.39, 0.29) is 5.91 Å². The lowest BCUT2D eigenvalue weighted by Crippen LogP contribution is -2.28. The molecule has 0 spiro atoms. The molecule has 3 aromatic rings. The lowest BCUT2D eigenvalue weighted by atomic mass is 10.0. The molecule has 0 aliphatic heterocycles. The van der Waals surface area contributed by atoms with Gasteiger partial charge < -0.3 is 9.32 Å². The topological polar surface area (TPSA) is 33.5 Å². The Morgan fingerprint density at radius 1 is 1.04 bits per heavy atom. The van der Waals surface area contributed by atoms with Crippen LogP contribution in [0, 0.1) is 0 Å². The Morgan fingerprint density at radius 3 is 2.61 bits per heavy atom. The summed E-state index contributed by atoms with van der Waals surface area (Å²) in [6, 6.07) is 18.3. The van der Waals surface area contributed by atoms with Gasteiger partial charge in [-0.1, -0.05) is 49.4 Å². The van der Waals surface area contributed by atoms with Crippen molar-refractivity contribution in [3.63, 3.8) is 0 Å². The summed E-state index contributed by atoms with van der Waals surface area (Å²) < 4.78 is 5.55. The molecule has 1 aromatic heterocycles. The Hall–Kier alpha value is -2.55. The number of aryl methyl sites for hydroxylation is 1. The average molecular weight is 307 g/mol. The van der Waals surface area contributed by atoms with Gasteiger partial charge in [0.05, 0.1) is 0 Å². The monoisotopic (exact) mass is 307 g/mol. The van der Waals surface area contributed by atoms with E-state index in [4.69, 9.17) is 4.42 Å². The van der Waals surface area contributed by atoms with Gasteiger partial charge in [0.25, 0.3) is 5.91 Å². The van der Waals surface area contributed by atoms with Gasteiger partial charge in [0.15, 0.2) is 5.76 Å². The van der Waals surface area contributed by atoms with Crippen LogP contribution in [0.25, 0.3) is 10.8 Å². The van der Waals surface area contributed by atoms with Crippen LogP contribution in [0.3, 0.4) is 0 Å². The lowest BCUT2D eigenvalue weighted by molar-refractivity contribution is 0.0763. The molecule has 0 aliphatic rings. The minimum atomic E-state index is -0.0649. The number of hydrogen-bond donors (Lipinski definition) is 0. The minimum absolute atomic E-state index is 0.0649. The molecule has 3 rings (SSSR count). The van der Waals surface area contributed by atoms with Gasteiger partial charge in [0, 0.05) is 20.0 Å². The standard InChI is InChI=1S/C20H21NO2/c1-3-17-11-12-19(23-17)20(22)21(2)14-13-16-9-6-8-15-7-4-5-10-18(15)16/h4-12H,3,13-14H2,1-2H3. The third-order valence-corrected chi connectivity index (χ3v) is 4.16. The van der Waals surface area contributed by atoms with Crippen LogP contribution in [0.15, 0.2) is 59.0 Å². The Bertz CT molecular complexity index is 814. The van der Waals surface area contributed by atoms with Gasteiger partial charge in [0.1, 0.15) is 5.76 Å². The highest BCUT2D eigenvalue weighted by molar-refractivity contribution is 5.91. The largest absolute Gasteiger partial charge is 0.456 e. The van der Waals surface area contributed by atoms with Crippen molar-refractivity contribution in [3.05, 3.63) is 71.7 Å². The van der Waals surface area contributed by atoms with E-state index < -0.39 is 0 Å². The normalized spacial score (nSPS) is 10.9. The molecule has 118 valence electrons. The molecule has 0 unspecified atom stereocenters. The molecule has 3 nitrogen and oxygen atoms in total. The first-order valence-electron chi connectivity index (χ1n) is 8.00. The van der Waals surface area contributed by atoms with Crippen LogP contribution in [0.4, 0.5) is 0 Å². The molecule has 0 radical (unpaired) electrons. The zero-order chi connectivity index (χ0) is 16.2. The second-order valence-electron chi connectivity index (χ2n) is 5.73. The number of benzene rings is 2. The van der Waals surface area contributed by atoms with Crippen molar-refractivity contribution in [2.45, 2.75) is 19.8 Å². The van der Waals surface area contributed by atoms with Crippen LogP contribution in [-0.2, 0) is 12.8 Å². The highest BCUT2D eigenvalue weighted by Gasteiger charge is 2.15. The maximum Gasteiger partial charge on any atom is 0.289 e. The minimum Gasteiger partial charge on any atom is -0.456 e. The molecule has 0 N–H and O–H groups in total. The molecular formula is C20H21NO2. The number of nitrogens with zero attached hydrogens (tertiary/aromatic N) is 1. The molecule has 1 amide bonds. The van der Waals surface area contributed by atoms with Crippen LogP contribution < -0.4 is 0 Å². The Morgan fingerprint density at radius 2 is 1.83 bits per heavy atom. The predicted octanol–water partition coefficient (Wildman–Crippen LogP) is 4.31. The molecule has 1 heterocycles. The Balaban J connectivity index is 1.70. The lowest BCUT2D eigenvalue weighted by Gasteiger charge is -2.16. The van der Waals surface area contributed by atoms with Crippen LogP contribution >= 0.6 is 0 Å². The molecule has 0 aliphatic carbocycles. The quantitative estimate of drug-likeness (QED) is 0.704. The first-order chi connectivity index (χ1) is 11.2. The third-order valence-electron chi connectivity index (χ3n) is 4.16. The number of hydrogen-bond acceptors (Lipinski definition) is 2. The fourth-order valence-corrected chi connectivity index (χ4v) is 2.77. The van der Waals surface area contributed by atoms with Gasteiger partial charge in [-0.25, -0.2) is 0 Å². The summed E-state index contributed by atoms with van der Waals surface area (Å²) in [5.74, 6) is 1.20. The second kappa shape index (κ2) is 6.69. The van der Waals surface area contributed by atoms with Gasteiger partial charge in [-0.2, -0.15) is 0 Å². The van der Waals surface area contributed by atoms with Gasteiger partial charge in [-0.05, 0) is 34.9 Å². The van der Waals surface area contributed by atoms with Crippen molar-refractivity contribution in [1.82, 2.24) is 4.90 Å². The van der Waals surface area contributed by atoms with Crippen molar-refractivity contribution in [2.75, 3.05) is 13.6 Å². The van der Waals surface area contributed by atoms with Crippen LogP contribution in [0.5, 0.6) is 0 Å². The smallest absolute Gasteiger partial charge is 0.289 e. The fraction of sp³-hybridized carbons (Fsp3) is 0.250. The van der Waals surface area contributed by atoms with Crippen LogP contribution in [0.2, 0.25) is 0 Å². The first-order valence-corrected chi connectivity index (χ1v) is 8.00. The van der Waals surface area contributed by atoms with Crippen molar-refractivity contribution in [2.24, 2.45) is 0 Å². The summed E-state index contributed by atoms with van der Waals surface area (Å²) in [6.07, 6.45) is 1.62. The Kier molecular flexibility index (Phi) is 4.47. The van der Waals surface area contributed by atoms with Gasteiger partial charge in [-0.3, -0.25) is 4.79 Å². The van der Waals surface area contributed by atoms with Crippen molar-refractivity contribution < 1.29 is 9.21 Å². The number of carbonyl (C=O) groups excluding carboxylic acids is 1. The predicted molar refractivity (Wildman–Crippen MR) is 92.7 cm³/mol. The molecule has 2 aromatic carbocycles. The zero-order valence-corrected chi connectivity index (χ0v) is 13.6. The van der Waals surface area contributed by atoms with Crippen LogP contribution in [0.1, 0.15) is 28.8 Å². The average Bonchev–Trinajstić information content (AvgIpc) is 3.08. The summed E-state index contributed by atoms with van der Waals surface area (Å²) in [4.78, 5) is 14.1. The summed E-state index contributed by atoms with van der Waals surface area (Å²) in [5, 5.41) is 2.49. The van der Waals surface area contributed by atoms with Gasteiger partial charge >= 0.3 is 0 Å². The van der Waals surface area contributed by atoms with E-state index in [2.05, 4.69) is 36.4 Å². The summed E-state index contributed by atoms with van der Waals surface area (Å²) in [5.41, 5.74) is 1.26. The molecule has 0 saturated heterocycles. The van der Waals surface area contributed by atoms with E-state index in [1.807, 2.05) is 26.1 Å². The van der Waals surface area contributed by atoms with E-state index in [0.717, 1.165) is 18.6 Å². The third kappa shape index (κ3) is 3.29. The molecule has 3 heteroatoms. The number of furan rings is 1. The molecular weight excluding hydrogens is 286 g/mol. The molecule has 23 heavy (non-hydrogen) atoms.